The zero-order chi connectivity index (χ0) is 20.8. The number of thiocarbonyl (C=S) groups is 1. The predicted octanol–water partition coefficient (Wildman–Crippen LogP) is 3.05. The van der Waals surface area contributed by atoms with Crippen LogP contribution < -0.4 is 4.74 Å². The highest BCUT2D eigenvalue weighted by molar-refractivity contribution is 8.26. The summed E-state index contributed by atoms with van der Waals surface area (Å²) >= 11 is 6.64. The summed E-state index contributed by atoms with van der Waals surface area (Å²) in [6.07, 6.45) is 5.65. The standard InChI is InChI=1S/C21H26N2O4S2/c1-27-17-7-5-15(6-8-17)14-18-20(26)23(21(28)29-18)12-9-19(25)22-11-3-2-4-16(22)10-13-24/h5-8,14,16,24H,2-4,9-13H2,1H3/b18-14+. The molecule has 2 fully saturated rings. The summed E-state index contributed by atoms with van der Waals surface area (Å²) in [5.41, 5.74) is 0.891. The molecule has 3 rings (SSSR count). The summed E-state index contributed by atoms with van der Waals surface area (Å²) in [4.78, 5) is 29.4. The van der Waals surface area contributed by atoms with Crippen LogP contribution in [0.5, 0.6) is 5.75 Å². The second kappa shape index (κ2) is 10.2. The van der Waals surface area contributed by atoms with Gasteiger partial charge < -0.3 is 14.7 Å². The molecule has 0 aliphatic carbocycles. The first-order chi connectivity index (χ1) is 14.0. The van der Waals surface area contributed by atoms with Crippen LogP contribution in [0.3, 0.4) is 0 Å². The number of rotatable bonds is 7. The van der Waals surface area contributed by atoms with E-state index in [2.05, 4.69) is 0 Å². The van der Waals surface area contributed by atoms with E-state index in [1.54, 1.807) is 7.11 Å². The van der Waals surface area contributed by atoms with Crippen molar-refractivity contribution in [3.8, 4) is 5.75 Å². The lowest BCUT2D eigenvalue weighted by molar-refractivity contribution is -0.135. The third-order valence-corrected chi connectivity index (χ3v) is 6.62. The van der Waals surface area contributed by atoms with Crippen molar-refractivity contribution in [3.63, 3.8) is 0 Å². The molecule has 1 aromatic carbocycles. The SMILES string of the molecule is COc1ccc(/C=C2/SC(=S)N(CCC(=O)N3CCCCC3CCO)C2=O)cc1. The van der Waals surface area contributed by atoms with E-state index in [9.17, 15) is 14.7 Å². The van der Waals surface area contributed by atoms with E-state index in [0.29, 0.717) is 15.6 Å². The lowest BCUT2D eigenvalue weighted by Gasteiger charge is -2.36. The van der Waals surface area contributed by atoms with Gasteiger partial charge in [0.2, 0.25) is 5.91 Å². The number of amides is 2. The third-order valence-electron chi connectivity index (χ3n) is 5.25. The normalized spacial score (nSPS) is 21.2. The number of benzene rings is 1. The molecule has 1 atom stereocenters. The van der Waals surface area contributed by atoms with Crippen molar-refractivity contribution < 1.29 is 19.4 Å². The number of nitrogens with zero attached hydrogens (tertiary/aromatic N) is 2. The summed E-state index contributed by atoms with van der Waals surface area (Å²) in [5.74, 6) is 0.621. The summed E-state index contributed by atoms with van der Waals surface area (Å²) in [6, 6.07) is 7.54. The number of carbonyl (C=O) groups excluding carboxylic acids is 2. The van der Waals surface area contributed by atoms with Crippen LogP contribution in [0, 0.1) is 0 Å². The summed E-state index contributed by atoms with van der Waals surface area (Å²) in [5, 5.41) is 9.25. The van der Waals surface area contributed by atoms with E-state index in [1.165, 1.54) is 16.7 Å². The van der Waals surface area contributed by atoms with Crippen molar-refractivity contribution >= 4 is 46.2 Å². The van der Waals surface area contributed by atoms with E-state index in [1.807, 2.05) is 35.2 Å². The molecule has 29 heavy (non-hydrogen) atoms. The molecular weight excluding hydrogens is 408 g/mol. The first-order valence-electron chi connectivity index (χ1n) is 9.83. The molecular formula is C21H26N2O4S2. The maximum absolute atomic E-state index is 12.8. The minimum Gasteiger partial charge on any atom is -0.497 e. The van der Waals surface area contributed by atoms with Crippen LogP contribution in [0.15, 0.2) is 29.2 Å². The molecule has 0 spiro atoms. The molecule has 0 bridgehead atoms. The highest BCUT2D eigenvalue weighted by atomic mass is 32.2. The van der Waals surface area contributed by atoms with Gasteiger partial charge in [0.15, 0.2) is 0 Å². The fraction of sp³-hybridized carbons (Fsp3) is 0.476. The molecule has 0 radical (unpaired) electrons. The summed E-state index contributed by atoms with van der Waals surface area (Å²) in [7, 11) is 1.61. The van der Waals surface area contributed by atoms with E-state index in [4.69, 9.17) is 17.0 Å². The number of ether oxygens (including phenoxy) is 1. The Morgan fingerprint density at radius 3 is 2.79 bits per heavy atom. The molecule has 2 aliphatic heterocycles. The van der Waals surface area contributed by atoms with Gasteiger partial charge >= 0.3 is 0 Å². The van der Waals surface area contributed by atoms with Crippen molar-refractivity contribution in [2.45, 2.75) is 38.1 Å². The fourth-order valence-corrected chi connectivity index (χ4v) is 4.98. The largest absolute Gasteiger partial charge is 0.497 e. The molecule has 6 nitrogen and oxygen atoms in total. The number of thioether (sulfide) groups is 1. The van der Waals surface area contributed by atoms with Crippen LogP contribution in [0.25, 0.3) is 6.08 Å². The van der Waals surface area contributed by atoms with Crippen LogP contribution >= 0.6 is 24.0 Å². The first-order valence-corrected chi connectivity index (χ1v) is 11.1. The Hall–Kier alpha value is -1.90. The van der Waals surface area contributed by atoms with Crippen molar-refractivity contribution in [3.05, 3.63) is 34.7 Å². The summed E-state index contributed by atoms with van der Waals surface area (Å²) < 4.78 is 5.63. The topological polar surface area (TPSA) is 70.1 Å². The zero-order valence-corrected chi connectivity index (χ0v) is 18.1. The van der Waals surface area contributed by atoms with Gasteiger partial charge in [-0.2, -0.15) is 0 Å². The van der Waals surface area contributed by atoms with Gasteiger partial charge in [-0.3, -0.25) is 14.5 Å². The lowest BCUT2D eigenvalue weighted by Crippen LogP contribution is -2.45. The Morgan fingerprint density at radius 1 is 1.34 bits per heavy atom. The fourth-order valence-electron chi connectivity index (χ4n) is 3.67. The van der Waals surface area contributed by atoms with Crippen LogP contribution in [-0.2, 0) is 9.59 Å². The first kappa shape index (κ1) is 21.8. The molecule has 2 amide bonds. The summed E-state index contributed by atoms with van der Waals surface area (Å²) in [6.45, 7) is 1.09. The molecule has 8 heteroatoms. The quantitative estimate of drug-likeness (QED) is 0.525. The van der Waals surface area contributed by atoms with E-state index in [-0.39, 0.29) is 37.4 Å². The molecule has 1 N–H and O–H groups in total. The predicted molar refractivity (Wildman–Crippen MR) is 119 cm³/mol. The molecule has 2 saturated heterocycles. The minimum atomic E-state index is -0.158. The molecule has 156 valence electrons. The van der Waals surface area contributed by atoms with Crippen LogP contribution in [0.2, 0.25) is 0 Å². The van der Waals surface area contributed by atoms with Crippen molar-refractivity contribution in [2.75, 3.05) is 26.8 Å². The molecule has 0 saturated carbocycles. The second-order valence-electron chi connectivity index (χ2n) is 7.11. The van der Waals surface area contributed by atoms with Gasteiger partial charge in [0.1, 0.15) is 10.1 Å². The Morgan fingerprint density at radius 2 is 2.10 bits per heavy atom. The van der Waals surface area contributed by atoms with Crippen LogP contribution in [0.4, 0.5) is 0 Å². The Balaban J connectivity index is 1.61. The second-order valence-corrected chi connectivity index (χ2v) is 8.78. The van der Waals surface area contributed by atoms with Gasteiger partial charge in [-0.1, -0.05) is 36.1 Å². The number of hydrogen-bond acceptors (Lipinski definition) is 6. The number of methoxy groups -OCH3 is 1. The third kappa shape index (κ3) is 5.38. The average molecular weight is 435 g/mol. The average Bonchev–Trinajstić information content (AvgIpc) is 3.00. The van der Waals surface area contributed by atoms with Crippen molar-refractivity contribution in [2.24, 2.45) is 0 Å². The Labute approximate surface area is 180 Å². The molecule has 2 heterocycles. The van der Waals surface area contributed by atoms with Gasteiger partial charge in [0.25, 0.3) is 5.91 Å². The number of piperidine rings is 1. The van der Waals surface area contributed by atoms with E-state index >= 15 is 0 Å². The minimum absolute atomic E-state index is 0.0244. The van der Waals surface area contributed by atoms with Gasteiger partial charge in [0.05, 0.1) is 12.0 Å². The number of aliphatic hydroxyl groups excluding tert-OH is 1. The van der Waals surface area contributed by atoms with Gasteiger partial charge in [0, 0.05) is 32.2 Å². The highest BCUT2D eigenvalue weighted by Crippen LogP contribution is 2.33. The molecule has 2 aliphatic rings. The smallest absolute Gasteiger partial charge is 0.266 e. The van der Waals surface area contributed by atoms with E-state index in [0.717, 1.165) is 37.1 Å². The highest BCUT2D eigenvalue weighted by Gasteiger charge is 2.33. The molecule has 0 aromatic heterocycles. The van der Waals surface area contributed by atoms with Crippen LogP contribution in [0.1, 0.15) is 37.7 Å². The van der Waals surface area contributed by atoms with E-state index < -0.39 is 0 Å². The molecule has 1 aromatic rings. The monoisotopic (exact) mass is 434 g/mol. The van der Waals surface area contributed by atoms with Crippen molar-refractivity contribution in [1.29, 1.82) is 0 Å². The van der Waals surface area contributed by atoms with Crippen LogP contribution in [-0.4, -0.2) is 63.9 Å². The van der Waals surface area contributed by atoms with Gasteiger partial charge in [-0.15, -0.1) is 0 Å². The van der Waals surface area contributed by atoms with Gasteiger partial charge in [-0.25, -0.2) is 0 Å². The lowest BCUT2D eigenvalue weighted by atomic mass is 9.99. The Kier molecular flexibility index (Phi) is 7.69. The maximum Gasteiger partial charge on any atom is 0.266 e. The zero-order valence-electron chi connectivity index (χ0n) is 16.5. The number of hydrogen-bond donors (Lipinski definition) is 1. The number of carbonyl (C=O) groups is 2. The Bertz CT molecular complexity index is 792. The maximum atomic E-state index is 12.8. The molecule has 1 unspecified atom stereocenters. The van der Waals surface area contributed by atoms with Crippen molar-refractivity contribution in [1.82, 2.24) is 9.80 Å². The number of aliphatic hydroxyl groups is 1. The van der Waals surface area contributed by atoms with Gasteiger partial charge in [-0.05, 0) is 49.5 Å². The number of likely N-dealkylation sites (tertiary alicyclic amines) is 1.